The maximum Gasteiger partial charge on any atom is 0.113 e. The van der Waals surface area contributed by atoms with E-state index in [4.69, 9.17) is 5.26 Å². The predicted molar refractivity (Wildman–Crippen MR) is 60.6 cm³/mol. The van der Waals surface area contributed by atoms with E-state index in [1.807, 2.05) is 16.8 Å². The Bertz CT molecular complexity index is 512. The Morgan fingerprint density at radius 2 is 2.40 bits per heavy atom. The first kappa shape index (κ1) is 9.99. The van der Waals surface area contributed by atoms with E-state index in [9.17, 15) is 0 Å². The van der Waals surface area contributed by atoms with Gasteiger partial charge in [-0.25, -0.2) is 4.68 Å². The highest BCUT2D eigenvalue weighted by atomic mass is 32.2. The number of benzene rings is 1. The number of nitriles is 1. The minimum Gasteiger partial charge on any atom is -0.244 e. The summed E-state index contributed by atoms with van der Waals surface area (Å²) in [4.78, 5) is 0. The number of aromatic nitrogens is 3. The van der Waals surface area contributed by atoms with E-state index in [1.54, 1.807) is 17.8 Å². The lowest BCUT2D eigenvalue weighted by Gasteiger charge is -1.99. The lowest BCUT2D eigenvalue weighted by molar-refractivity contribution is 0.652. The van der Waals surface area contributed by atoms with E-state index >= 15 is 0 Å². The molecule has 0 atom stereocenters. The maximum atomic E-state index is 8.80. The number of nitrogens with zero attached hydrogens (tertiary/aromatic N) is 4. The van der Waals surface area contributed by atoms with Crippen LogP contribution < -0.4 is 0 Å². The van der Waals surface area contributed by atoms with Gasteiger partial charge in [0.15, 0.2) is 0 Å². The molecule has 0 aliphatic rings. The number of thioether (sulfide) groups is 1. The summed E-state index contributed by atoms with van der Waals surface area (Å²) in [5.41, 5.74) is 2.42. The van der Waals surface area contributed by atoms with Crippen molar-refractivity contribution in [3.05, 3.63) is 23.8 Å². The smallest absolute Gasteiger partial charge is 0.113 e. The van der Waals surface area contributed by atoms with Gasteiger partial charge in [0.05, 0.1) is 23.7 Å². The van der Waals surface area contributed by atoms with Gasteiger partial charge in [-0.15, -0.1) is 5.10 Å². The second-order valence-corrected chi connectivity index (χ2v) is 4.11. The van der Waals surface area contributed by atoms with Gasteiger partial charge < -0.3 is 0 Å². The predicted octanol–water partition coefficient (Wildman–Crippen LogP) is 1.67. The molecule has 0 unspecified atom stereocenters. The van der Waals surface area contributed by atoms with Gasteiger partial charge in [-0.1, -0.05) is 5.21 Å². The molecule has 0 saturated heterocycles. The molecule has 0 aliphatic carbocycles. The third kappa shape index (κ3) is 1.95. The Balaban J connectivity index is 2.43. The van der Waals surface area contributed by atoms with Gasteiger partial charge in [0.2, 0.25) is 0 Å². The second-order valence-electron chi connectivity index (χ2n) is 3.12. The van der Waals surface area contributed by atoms with Crippen LogP contribution in [0, 0.1) is 11.3 Å². The number of hydrogen-bond acceptors (Lipinski definition) is 4. The molecule has 0 saturated carbocycles. The van der Waals surface area contributed by atoms with Gasteiger partial charge in [0.1, 0.15) is 5.52 Å². The molecule has 4 nitrogen and oxygen atoms in total. The summed E-state index contributed by atoms with van der Waals surface area (Å²) in [6.45, 7) is 0.826. The standard InChI is InChI=1S/C10H10N4S/c1-15-5-4-14-10-6-8(7-11)2-3-9(10)12-13-14/h2-3,6H,4-5H2,1H3. The molecule has 76 valence electrons. The summed E-state index contributed by atoms with van der Waals surface area (Å²) in [5, 5.41) is 16.9. The fourth-order valence-corrected chi connectivity index (χ4v) is 1.73. The fourth-order valence-electron chi connectivity index (χ4n) is 1.38. The SMILES string of the molecule is CSCCn1nnc2ccc(C#N)cc21. The van der Waals surface area contributed by atoms with Gasteiger partial charge >= 0.3 is 0 Å². The number of aryl methyl sites for hydroxylation is 1. The van der Waals surface area contributed by atoms with Crippen molar-refractivity contribution < 1.29 is 0 Å². The third-order valence-corrected chi connectivity index (χ3v) is 2.74. The van der Waals surface area contributed by atoms with Crippen LogP contribution in [0.4, 0.5) is 0 Å². The molecule has 0 N–H and O–H groups in total. The molecule has 1 aromatic heterocycles. The highest BCUT2D eigenvalue weighted by Gasteiger charge is 2.04. The van der Waals surface area contributed by atoms with Crippen LogP contribution in [-0.4, -0.2) is 27.0 Å². The Morgan fingerprint density at radius 3 is 3.13 bits per heavy atom. The molecular weight excluding hydrogens is 208 g/mol. The average molecular weight is 218 g/mol. The minimum absolute atomic E-state index is 0.648. The topological polar surface area (TPSA) is 54.5 Å². The first-order chi connectivity index (χ1) is 7.35. The van der Waals surface area contributed by atoms with Crippen LogP contribution in [0.1, 0.15) is 5.56 Å². The highest BCUT2D eigenvalue weighted by Crippen LogP contribution is 2.13. The molecule has 15 heavy (non-hydrogen) atoms. The van der Waals surface area contributed by atoms with Gasteiger partial charge in [0, 0.05) is 5.75 Å². The van der Waals surface area contributed by atoms with Gasteiger partial charge in [-0.2, -0.15) is 17.0 Å². The quantitative estimate of drug-likeness (QED) is 0.786. The first-order valence-electron chi connectivity index (χ1n) is 4.57. The van der Waals surface area contributed by atoms with Crippen molar-refractivity contribution in [2.24, 2.45) is 0 Å². The lowest BCUT2D eigenvalue weighted by Crippen LogP contribution is -2.02. The third-order valence-electron chi connectivity index (χ3n) is 2.15. The van der Waals surface area contributed by atoms with Crippen LogP contribution in [0.2, 0.25) is 0 Å². The van der Waals surface area contributed by atoms with Gasteiger partial charge in [0.25, 0.3) is 0 Å². The molecule has 0 fully saturated rings. The Kier molecular flexibility index (Phi) is 2.88. The van der Waals surface area contributed by atoms with Crippen molar-refractivity contribution in [3.63, 3.8) is 0 Å². The number of hydrogen-bond donors (Lipinski definition) is 0. The Labute approximate surface area is 91.9 Å². The monoisotopic (exact) mass is 218 g/mol. The zero-order valence-electron chi connectivity index (χ0n) is 8.34. The molecule has 0 radical (unpaired) electrons. The van der Waals surface area contributed by atoms with Crippen molar-refractivity contribution in [2.75, 3.05) is 12.0 Å². The van der Waals surface area contributed by atoms with Crippen molar-refractivity contribution in [1.29, 1.82) is 5.26 Å². The van der Waals surface area contributed by atoms with E-state index in [1.165, 1.54) is 0 Å². The molecule has 1 heterocycles. The molecule has 2 aromatic rings. The fraction of sp³-hybridized carbons (Fsp3) is 0.300. The minimum atomic E-state index is 0.648. The lowest BCUT2D eigenvalue weighted by atomic mass is 10.2. The molecular formula is C10H10N4S. The van der Waals surface area contributed by atoms with Crippen LogP contribution in [0.25, 0.3) is 11.0 Å². The van der Waals surface area contributed by atoms with Crippen molar-refractivity contribution in [3.8, 4) is 6.07 Å². The van der Waals surface area contributed by atoms with Crippen molar-refractivity contribution >= 4 is 22.8 Å². The van der Waals surface area contributed by atoms with Crippen molar-refractivity contribution in [2.45, 2.75) is 6.54 Å². The maximum absolute atomic E-state index is 8.80. The van der Waals surface area contributed by atoms with E-state index in [0.29, 0.717) is 5.56 Å². The molecule has 0 spiro atoms. The zero-order valence-corrected chi connectivity index (χ0v) is 9.16. The Morgan fingerprint density at radius 1 is 1.53 bits per heavy atom. The summed E-state index contributed by atoms with van der Waals surface area (Å²) in [7, 11) is 0. The molecule has 0 amide bonds. The van der Waals surface area contributed by atoms with E-state index in [-0.39, 0.29) is 0 Å². The summed E-state index contributed by atoms with van der Waals surface area (Å²) in [6.07, 6.45) is 2.06. The zero-order chi connectivity index (χ0) is 10.7. The van der Waals surface area contributed by atoms with Gasteiger partial charge in [-0.05, 0) is 24.5 Å². The Hall–Kier alpha value is -1.54. The average Bonchev–Trinajstić information content (AvgIpc) is 2.68. The summed E-state index contributed by atoms with van der Waals surface area (Å²) < 4.78 is 1.84. The largest absolute Gasteiger partial charge is 0.244 e. The van der Waals surface area contributed by atoms with Gasteiger partial charge in [-0.3, -0.25) is 0 Å². The van der Waals surface area contributed by atoms with Crippen LogP contribution in [-0.2, 0) is 6.54 Å². The summed E-state index contributed by atoms with van der Waals surface area (Å²) in [5.74, 6) is 0.995. The molecule has 0 aliphatic heterocycles. The number of rotatable bonds is 3. The second kappa shape index (κ2) is 4.32. The molecule has 0 bridgehead atoms. The highest BCUT2D eigenvalue weighted by molar-refractivity contribution is 7.98. The van der Waals surface area contributed by atoms with Crippen LogP contribution in [0.5, 0.6) is 0 Å². The van der Waals surface area contributed by atoms with E-state index in [2.05, 4.69) is 22.6 Å². The number of fused-ring (bicyclic) bond motifs is 1. The van der Waals surface area contributed by atoms with Crippen LogP contribution in [0.15, 0.2) is 18.2 Å². The van der Waals surface area contributed by atoms with E-state index < -0.39 is 0 Å². The first-order valence-corrected chi connectivity index (χ1v) is 5.97. The molecule has 5 heteroatoms. The van der Waals surface area contributed by atoms with Crippen molar-refractivity contribution in [1.82, 2.24) is 15.0 Å². The molecule has 1 aromatic carbocycles. The summed E-state index contributed by atoms with van der Waals surface area (Å²) >= 11 is 1.76. The summed E-state index contributed by atoms with van der Waals surface area (Å²) in [6, 6.07) is 7.54. The van der Waals surface area contributed by atoms with E-state index in [0.717, 1.165) is 23.3 Å². The molecule has 2 rings (SSSR count). The van der Waals surface area contributed by atoms with Crippen LogP contribution >= 0.6 is 11.8 Å². The normalized spacial score (nSPS) is 10.4. The van der Waals surface area contributed by atoms with Crippen LogP contribution in [0.3, 0.4) is 0 Å².